The fourth-order valence-electron chi connectivity index (χ4n) is 2.75. The Kier molecular flexibility index (Phi) is 2.82. The van der Waals surface area contributed by atoms with Gasteiger partial charge in [0.25, 0.3) is 0 Å². The lowest BCUT2D eigenvalue weighted by molar-refractivity contribution is 0.254. The Morgan fingerprint density at radius 1 is 1.50 bits per heavy atom. The molecule has 1 atom stereocenters. The Morgan fingerprint density at radius 3 is 2.90 bits per heavy atom. The van der Waals surface area contributed by atoms with Gasteiger partial charge in [0.2, 0.25) is 5.88 Å². The number of fused-ring (bicyclic) bond motifs is 2. The summed E-state index contributed by atoms with van der Waals surface area (Å²) >= 11 is 0. The molecule has 0 unspecified atom stereocenters. The Labute approximate surface area is 117 Å². The lowest BCUT2D eigenvalue weighted by atomic mass is 10.0. The molecule has 0 saturated carbocycles. The molecule has 0 fully saturated rings. The van der Waals surface area contributed by atoms with E-state index in [1.807, 2.05) is 36.7 Å². The van der Waals surface area contributed by atoms with Crippen molar-refractivity contribution in [1.82, 2.24) is 4.57 Å². The predicted molar refractivity (Wildman–Crippen MR) is 78.7 cm³/mol. The van der Waals surface area contributed by atoms with E-state index >= 15 is 0 Å². The van der Waals surface area contributed by atoms with Gasteiger partial charge >= 0.3 is 0 Å². The van der Waals surface area contributed by atoms with E-state index in [2.05, 4.69) is 6.58 Å². The van der Waals surface area contributed by atoms with Crippen LogP contribution in [-0.4, -0.2) is 17.8 Å². The average molecular weight is 271 g/mol. The summed E-state index contributed by atoms with van der Waals surface area (Å²) in [6.07, 6.45) is 0.469. The van der Waals surface area contributed by atoms with Crippen LogP contribution < -0.4 is 14.9 Å². The third-order valence-corrected chi connectivity index (χ3v) is 3.83. The zero-order valence-electron chi connectivity index (χ0n) is 11.9. The highest BCUT2D eigenvalue weighted by Gasteiger charge is 2.29. The number of aryl methyl sites for hydroxylation is 1. The maximum absolute atomic E-state index is 12.6. The van der Waals surface area contributed by atoms with Gasteiger partial charge in [0.1, 0.15) is 11.9 Å². The van der Waals surface area contributed by atoms with Crippen LogP contribution in [0.1, 0.15) is 12.5 Å². The monoisotopic (exact) mass is 271 g/mol. The zero-order valence-corrected chi connectivity index (χ0v) is 11.9. The molecular weight excluding hydrogens is 254 g/mol. The summed E-state index contributed by atoms with van der Waals surface area (Å²) in [5.74, 6) is 1.30. The molecule has 20 heavy (non-hydrogen) atoms. The first kappa shape index (κ1) is 12.8. The fourth-order valence-corrected chi connectivity index (χ4v) is 2.75. The van der Waals surface area contributed by atoms with Crippen LogP contribution in [0, 0.1) is 0 Å². The molecule has 1 aromatic carbocycles. The number of nitrogens with zero attached hydrogens (tertiary/aromatic N) is 1. The number of para-hydroxylation sites is 1. The van der Waals surface area contributed by atoms with Crippen LogP contribution >= 0.6 is 0 Å². The number of benzene rings is 1. The molecule has 3 rings (SSSR count). The number of hydrogen-bond donors (Lipinski definition) is 0. The topological polar surface area (TPSA) is 40.5 Å². The molecule has 1 aromatic heterocycles. The Balaban J connectivity index is 2.35. The van der Waals surface area contributed by atoms with E-state index < -0.39 is 0 Å². The van der Waals surface area contributed by atoms with Crippen molar-refractivity contribution in [2.24, 2.45) is 7.05 Å². The van der Waals surface area contributed by atoms with Crippen molar-refractivity contribution < 1.29 is 9.47 Å². The first-order chi connectivity index (χ1) is 9.54. The van der Waals surface area contributed by atoms with Crippen LogP contribution in [0.5, 0.6) is 11.6 Å². The van der Waals surface area contributed by atoms with Gasteiger partial charge in [0, 0.05) is 18.9 Å². The highest BCUT2D eigenvalue weighted by molar-refractivity contribution is 5.86. The van der Waals surface area contributed by atoms with E-state index in [1.165, 1.54) is 0 Å². The smallest absolute Gasteiger partial charge is 0.201 e. The van der Waals surface area contributed by atoms with Gasteiger partial charge in [0.15, 0.2) is 5.43 Å². The second-order valence-electron chi connectivity index (χ2n) is 5.19. The van der Waals surface area contributed by atoms with Crippen molar-refractivity contribution in [3.63, 3.8) is 0 Å². The summed E-state index contributed by atoms with van der Waals surface area (Å²) in [5.41, 5.74) is 2.44. The zero-order chi connectivity index (χ0) is 14.4. The molecule has 0 aliphatic carbocycles. The number of methoxy groups -OCH3 is 1. The third kappa shape index (κ3) is 1.64. The van der Waals surface area contributed by atoms with Crippen LogP contribution in [0.3, 0.4) is 0 Å². The number of ether oxygens (including phenoxy) is 2. The molecule has 2 heterocycles. The molecule has 0 spiro atoms. The first-order valence-corrected chi connectivity index (χ1v) is 6.55. The Bertz CT molecular complexity index is 773. The lowest BCUT2D eigenvalue weighted by Gasteiger charge is -2.15. The summed E-state index contributed by atoms with van der Waals surface area (Å²) in [5, 5.41) is 0.663. The molecule has 1 aliphatic rings. The van der Waals surface area contributed by atoms with Crippen molar-refractivity contribution >= 4 is 10.9 Å². The molecule has 4 heteroatoms. The van der Waals surface area contributed by atoms with Gasteiger partial charge < -0.3 is 14.0 Å². The Morgan fingerprint density at radius 2 is 2.25 bits per heavy atom. The van der Waals surface area contributed by atoms with Crippen molar-refractivity contribution in [2.75, 3.05) is 7.11 Å². The maximum atomic E-state index is 12.6. The molecule has 0 saturated heterocycles. The summed E-state index contributed by atoms with van der Waals surface area (Å²) in [7, 11) is 3.49. The van der Waals surface area contributed by atoms with E-state index in [9.17, 15) is 4.79 Å². The van der Waals surface area contributed by atoms with Crippen molar-refractivity contribution in [3.05, 3.63) is 46.1 Å². The van der Waals surface area contributed by atoms with Gasteiger partial charge in [-0.2, -0.15) is 0 Å². The quantitative estimate of drug-likeness (QED) is 0.788. The molecule has 0 radical (unpaired) electrons. The minimum absolute atomic E-state index is 0.0238. The SMILES string of the molecule is C=C(C)[C@H]1Cc2c(n(C)c3c(OC)cccc3c2=O)O1. The molecule has 0 bridgehead atoms. The van der Waals surface area contributed by atoms with Gasteiger partial charge in [-0.25, -0.2) is 0 Å². The van der Waals surface area contributed by atoms with Crippen LogP contribution in [0.2, 0.25) is 0 Å². The highest BCUT2D eigenvalue weighted by Crippen LogP contribution is 2.34. The second kappa shape index (κ2) is 4.40. The molecule has 0 amide bonds. The second-order valence-corrected chi connectivity index (χ2v) is 5.19. The van der Waals surface area contributed by atoms with Gasteiger partial charge in [0.05, 0.1) is 18.2 Å². The number of aromatic nitrogens is 1. The average Bonchev–Trinajstić information content (AvgIpc) is 2.89. The summed E-state index contributed by atoms with van der Waals surface area (Å²) in [6, 6.07) is 5.51. The van der Waals surface area contributed by atoms with Gasteiger partial charge in [-0.1, -0.05) is 12.6 Å². The Hall–Kier alpha value is -2.23. The van der Waals surface area contributed by atoms with Crippen molar-refractivity contribution in [2.45, 2.75) is 19.4 Å². The third-order valence-electron chi connectivity index (χ3n) is 3.83. The standard InChI is InChI=1S/C16H17NO3/c1-9(2)13-8-11-15(18)10-6-5-7-12(19-4)14(10)17(3)16(11)20-13/h5-7,13H,1,8H2,2-4H3/t13-/m1/s1. The predicted octanol–water partition coefficient (Wildman–Crippen LogP) is 2.43. The van der Waals surface area contributed by atoms with Crippen LogP contribution in [0.4, 0.5) is 0 Å². The summed E-state index contributed by atoms with van der Waals surface area (Å²) in [6.45, 7) is 5.84. The fraction of sp³-hybridized carbons (Fsp3) is 0.312. The molecule has 4 nitrogen and oxygen atoms in total. The van der Waals surface area contributed by atoms with Crippen LogP contribution in [-0.2, 0) is 13.5 Å². The van der Waals surface area contributed by atoms with Gasteiger partial charge in [-0.05, 0) is 24.6 Å². The van der Waals surface area contributed by atoms with Crippen LogP contribution in [0.15, 0.2) is 35.1 Å². The highest BCUT2D eigenvalue weighted by atomic mass is 16.5. The molecule has 2 aromatic rings. The lowest BCUT2D eigenvalue weighted by Crippen LogP contribution is -2.14. The summed E-state index contributed by atoms with van der Waals surface area (Å²) in [4.78, 5) is 12.6. The van der Waals surface area contributed by atoms with Crippen LogP contribution in [0.25, 0.3) is 10.9 Å². The normalized spacial score (nSPS) is 16.9. The minimum atomic E-state index is -0.119. The summed E-state index contributed by atoms with van der Waals surface area (Å²) < 4.78 is 13.2. The molecule has 0 N–H and O–H groups in total. The van der Waals surface area contributed by atoms with E-state index in [-0.39, 0.29) is 11.5 Å². The molecule has 1 aliphatic heterocycles. The maximum Gasteiger partial charge on any atom is 0.201 e. The van der Waals surface area contributed by atoms with Gasteiger partial charge in [-0.15, -0.1) is 0 Å². The number of rotatable bonds is 2. The molecular formula is C16H17NO3. The van der Waals surface area contributed by atoms with E-state index in [1.54, 1.807) is 7.11 Å². The largest absolute Gasteiger partial charge is 0.495 e. The first-order valence-electron chi connectivity index (χ1n) is 6.55. The van der Waals surface area contributed by atoms with E-state index in [4.69, 9.17) is 9.47 Å². The van der Waals surface area contributed by atoms with Crippen molar-refractivity contribution in [1.29, 1.82) is 0 Å². The number of hydrogen-bond acceptors (Lipinski definition) is 3. The van der Waals surface area contributed by atoms with E-state index in [0.29, 0.717) is 23.4 Å². The number of pyridine rings is 1. The van der Waals surface area contributed by atoms with E-state index in [0.717, 1.165) is 16.7 Å². The molecule has 104 valence electrons. The minimum Gasteiger partial charge on any atom is -0.495 e. The van der Waals surface area contributed by atoms with Crippen molar-refractivity contribution in [3.8, 4) is 11.6 Å². The van der Waals surface area contributed by atoms with Gasteiger partial charge in [-0.3, -0.25) is 4.79 Å².